The predicted octanol–water partition coefficient (Wildman–Crippen LogP) is 3.46. The average Bonchev–Trinajstić information content (AvgIpc) is 2.48. The predicted molar refractivity (Wildman–Crippen MR) is 76.5 cm³/mol. The van der Waals surface area contributed by atoms with Gasteiger partial charge in [-0.3, -0.25) is 9.78 Å². The van der Waals surface area contributed by atoms with Crippen molar-refractivity contribution in [3.05, 3.63) is 58.4 Å². The van der Waals surface area contributed by atoms with Crippen LogP contribution in [-0.2, 0) is 12.7 Å². The average molecular weight is 330 g/mol. The maximum atomic E-state index is 12.7. The number of nitrogens with two attached hydrogens (primary N) is 1. The van der Waals surface area contributed by atoms with Crippen LogP contribution in [0.2, 0.25) is 5.02 Å². The molecule has 0 unspecified atom stereocenters. The van der Waals surface area contributed by atoms with Crippen molar-refractivity contribution in [2.45, 2.75) is 12.7 Å². The van der Waals surface area contributed by atoms with Gasteiger partial charge in [0, 0.05) is 18.3 Å². The normalized spacial score (nSPS) is 11.3. The first-order chi connectivity index (χ1) is 10.3. The number of nitrogens with one attached hydrogen (secondary N) is 1. The summed E-state index contributed by atoms with van der Waals surface area (Å²) in [4.78, 5) is 16.0. The van der Waals surface area contributed by atoms with E-state index in [0.29, 0.717) is 5.69 Å². The van der Waals surface area contributed by atoms with E-state index in [9.17, 15) is 18.0 Å². The van der Waals surface area contributed by atoms with Gasteiger partial charge in [0.25, 0.3) is 5.91 Å². The van der Waals surface area contributed by atoms with Gasteiger partial charge in [0.2, 0.25) is 0 Å². The number of carbonyl (C=O) groups excluding carboxylic acids is 1. The number of hydrogen-bond acceptors (Lipinski definition) is 3. The number of carbonyl (C=O) groups is 1. The Bertz CT molecular complexity index is 704. The van der Waals surface area contributed by atoms with Gasteiger partial charge in [0.15, 0.2) is 0 Å². The van der Waals surface area contributed by atoms with Crippen molar-refractivity contribution in [3.63, 3.8) is 0 Å². The Hall–Kier alpha value is -2.12. The Morgan fingerprint density at radius 1 is 1.27 bits per heavy atom. The van der Waals surface area contributed by atoms with Crippen LogP contribution in [0.5, 0.6) is 0 Å². The first-order valence-corrected chi connectivity index (χ1v) is 6.52. The molecule has 0 aliphatic rings. The number of pyridine rings is 1. The molecule has 0 radical (unpaired) electrons. The molecule has 0 bridgehead atoms. The number of anilines is 1. The van der Waals surface area contributed by atoms with Crippen LogP contribution in [0.25, 0.3) is 0 Å². The number of benzene rings is 1. The van der Waals surface area contributed by atoms with E-state index in [4.69, 9.17) is 17.3 Å². The van der Waals surface area contributed by atoms with Crippen molar-refractivity contribution in [1.82, 2.24) is 4.98 Å². The minimum absolute atomic E-state index is 0.00875. The van der Waals surface area contributed by atoms with E-state index in [1.54, 1.807) is 0 Å². The molecule has 0 aliphatic heterocycles. The second kappa shape index (κ2) is 6.33. The first-order valence-electron chi connectivity index (χ1n) is 6.14. The highest BCUT2D eigenvalue weighted by Gasteiger charge is 2.31. The molecule has 1 amide bonds. The van der Waals surface area contributed by atoms with Crippen LogP contribution in [-0.4, -0.2) is 10.9 Å². The molecule has 4 nitrogen and oxygen atoms in total. The monoisotopic (exact) mass is 329 g/mol. The third kappa shape index (κ3) is 3.75. The van der Waals surface area contributed by atoms with Crippen LogP contribution in [0.4, 0.5) is 18.9 Å². The Balaban J connectivity index is 2.28. The molecule has 22 heavy (non-hydrogen) atoms. The molecule has 8 heteroatoms. The third-order valence-electron chi connectivity index (χ3n) is 2.83. The van der Waals surface area contributed by atoms with E-state index in [0.717, 1.165) is 18.2 Å². The van der Waals surface area contributed by atoms with Crippen molar-refractivity contribution in [1.29, 1.82) is 0 Å². The molecule has 1 heterocycles. The summed E-state index contributed by atoms with van der Waals surface area (Å²) in [5.74, 6) is -0.599. The lowest BCUT2D eigenvalue weighted by Gasteiger charge is -2.12. The molecule has 0 spiro atoms. The molecule has 1 aromatic heterocycles. The van der Waals surface area contributed by atoms with E-state index >= 15 is 0 Å². The van der Waals surface area contributed by atoms with Gasteiger partial charge in [-0.2, -0.15) is 13.2 Å². The zero-order valence-corrected chi connectivity index (χ0v) is 11.9. The molecule has 2 aromatic rings. The lowest BCUT2D eigenvalue weighted by molar-refractivity contribution is -0.137. The topological polar surface area (TPSA) is 68.0 Å². The summed E-state index contributed by atoms with van der Waals surface area (Å²) in [7, 11) is 0. The van der Waals surface area contributed by atoms with E-state index in [2.05, 4.69) is 10.3 Å². The number of amides is 1. The van der Waals surface area contributed by atoms with Crippen LogP contribution < -0.4 is 11.1 Å². The molecular weight excluding hydrogens is 319 g/mol. The summed E-state index contributed by atoms with van der Waals surface area (Å²) in [6.07, 6.45) is -3.13. The minimum atomic E-state index is -4.52. The third-order valence-corrected chi connectivity index (χ3v) is 3.16. The molecule has 0 saturated carbocycles. The number of aromatic nitrogens is 1. The zero-order valence-electron chi connectivity index (χ0n) is 11.1. The van der Waals surface area contributed by atoms with Gasteiger partial charge in [-0.05, 0) is 30.3 Å². The van der Waals surface area contributed by atoms with Crippen LogP contribution in [0.1, 0.15) is 21.6 Å². The van der Waals surface area contributed by atoms with Gasteiger partial charge < -0.3 is 11.1 Å². The number of hydrogen-bond donors (Lipinski definition) is 2. The summed E-state index contributed by atoms with van der Waals surface area (Å²) < 4.78 is 38.0. The van der Waals surface area contributed by atoms with Gasteiger partial charge in [0.1, 0.15) is 0 Å². The first kappa shape index (κ1) is 16.3. The molecule has 0 fully saturated rings. The van der Waals surface area contributed by atoms with Crippen molar-refractivity contribution < 1.29 is 18.0 Å². The largest absolute Gasteiger partial charge is 0.416 e. The number of rotatable bonds is 3. The fourth-order valence-electron chi connectivity index (χ4n) is 1.72. The van der Waals surface area contributed by atoms with Gasteiger partial charge in [-0.1, -0.05) is 11.6 Å². The van der Waals surface area contributed by atoms with Crippen LogP contribution in [0.15, 0.2) is 36.5 Å². The maximum Gasteiger partial charge on any atom is 0.416 e. The molecule has 0 aliphatic carbocycles. The molecule has 0 saturated heterocycles. The highest BCUT2D eigenvalue weighted by molar-refractivity contribution is 6.34. The van der Waals surface area contributed by atoms with E-state index < -0.39 is 17.6 Å². The van der Waals surface area contributed by atoms with E-state index in [-0.39, 0.29) is 22.8 Å². The molecule has 2 rings (SSSR count). The highest BCUT2D eigenvalue weighted by Crippen LogP contribution is 2.33. The fraction of sp³-hybridized carbons (Fsp3) is 0.143. The number of alkyl halides is 3. The lowest BCUT2D eigenvalue weighted by atomic mass is 10.1. The summed E-state index contributed by atoms with van der Waals surface area (Å²) in [6.45, 7) is 0.144. The van der Waals surface area contributed by atoms with Crippen molar-refractivity contribution in [2.24, 2.45) is 5.73 Å². The van der Waals surface area contributed by atoms with E-state index in [1.165, 1.54) is 18.3 Å². The second-order valence-corrected chi connectivity index (χ2v) is 4.79. The summed E-state index contributed by atoms with van der Waals surface area (Å²) in [5, 5.41) is 2.36. The van der Waals surface area contributed by atoms with Crippen molar-refractivity contribution >= 4 is 23.2 Å². The zero-order chi connectivity index (χ0) is 16.3. The van der Waals surface area contributed by atoms with Gasteiger partial charge in [-0.15, -0.1) is 0 Å². The van der Waals surface area contributed by atoms with Gasteiger partial charge >= 0.3 is 6.18 Å². The summed E-state index contributed by atoms with van der Waals surface area (Å²) in [6, 6.07) is 5.59. The summed E-state index contributed by atoms with van der Waals surface area (Å²) >= 11 is 5.82. The van der Waals surface area contributed by atoms with Gasteiger partial charge in [-0.25, -0.2) is 0 Å². The molecule has 3 N–H and O–H groups in total. The Kier molecular flexibility index (Phi) is 4.68. The van der Waals surface area contributed by atoms with Crippen molar-refractivity contribution in [3.8, 4) is 0 Å². The highest BCUT2D eigenvalue weighted by atomic mass is 35.5. The second-order valence-electron chi connectivity index (χ2n) is 4.39. The lowest BCUT2D eigenvalue weighted by Crippen LogP contribution is -2.14. The fourth-order valence-corrected chi connectivity index (χ4v) is 1.89. The minimum Gasteiger partial charge on any atom is -0.325 e. The van der Waals surface area contributed by atoms with E-state index in [1.807, 2.05) is 0 Å². The van der Waals surface area contributed by atoms with Crippen LogP contribution in [0, 0.1) is 0 Å². The van der Waals surface area contributed by atoms with Crippen LogP contribution in [0.3, 0.4) is 0 Å². The van der Waals surface area contributed by atoms with Crippen LogP contribution >= 0.6 is 11.6 Å². The SMILES string of the molecule is NCc1cc(C(=O)Nc2cc(C(F)(F)F)ccc2Cl)ccn1. The molecule has 0 atom stereocenters. The van der Waals surface area contributed by atoms with Gasteiger partial charge in [0.05, 0.1) is 22.0 Å². The Morgan fingerprint density at radius 2 is 2.00 bits per heavy atom. The summed E-state index contributed by atoms with van der Waals surface area (Å²) in [5.41, 5.74) is 5.12. The Labute approximate surface area is 129 Å². The van der Waals surface area contributed by atoms with Crippen molar-refractivity contribution in [2.75, 3.05) is 5.32 Å². The standard InChI is InChI=1S/C14H11ClF3N3O/c15-11-2-1-9(14(16,17)18)6-12(11)21-13(22)8-3-4-20-10(5-8)7-19/h1-6H,7,19H2,(H,21,22). The number of nitrogens with zero attached hydrogens (tertiary/aromatic N) is 1. The Morgan fingerprint density at radius 3 is 2.64 bits per heavy atom. The maximum absolute atomic E-state index is 12.7. The quantitative estimate of drug-likeness (QED) is 0.906. The smallest absolute Gasteiger partial charge is 0.325 e. The molecular formula is C14H11ClF3N3O. The molecule has 1 aromatic carbocycles. The number of halogens is 4. The molecule has 116 valence electrons.